The lowest BCUT2D eigenvalue weighted by Crippen LogP contribution is -2.28. The van der Waals surface area contributed by atoms with Gasteiger partial charge >= 0.3 is 0 Å². The Labute approximate surface area is 134 Å². The molecule has 0 unspecified atom stereocenters. The fourth-order valence-electron chi connectivity index (χ4n) is 2.91. The minimum absolute atomic E-state index is 0.000233. The summed E-state index contributed by atoms with van der Waals surface area (Å²) in [4.78, 5) is 15.9. The number of anilines is 1. The molecule has 7 heteroatoms. The van der Waals surface area contributed by atoms with Crippen molar-refractivity contribution in [3.8, 4) is 5.75 Å². The van der Waals surface area contributed by atoms with E-state index in [0.29, 0.717) is 18.2 Å². The fraction of sp³-hybridized carbons (Fsp3) is 0.500. The summed E-state index contributed by atoms with van der Waals surface area (Å²) in [6.45, 7) is 3.93. The van der Waals surface area contributed by atoms with Crippen molar-refractivity contribution in [2.75, 3.05) is 32.1 Å². The van der Waals surface area contributed by atoms with Gasteiger partial charge in [0.2, 0.25) is 5.95 Å². The molecule has 3 rings (SSSR count). The second-order valence-electron chi connectivity index (χ2n) is 5.58. The molecular weight excluding hydrogens is 296 g/mol. The molecule has 1 saturated heterocycles. The smallest absolute Gasteiger partial charge is 0.257 e. The minimum Gasteiger partial charge on any atom is -0.484 e. The third kappa shape index (κ3) is 3.39. The number of amides is 1. The highest BCUT2D eigenvalue weighted by atomic mass is 16.5. The van der Waals surface area contributed by atoms with Crippen LogP contribution in [0.2, 0.25) is 0 Å². The first-order valence-corrected chi connectivity index (χ1v) is 7.93. The second kappa shape index (κ2) is 6.87. The van der Waals surface area contributed by atoms with Gasteiger partial charge in [-0.3, -0.25) is 4.79 Å². The van der Waals surface area contributed by atoms with Crippen LogP contribution in [0, 0.1) is 0 Å². The molecule has 1 aromatic carbocycles. The van der Waals surface area contributed by atoms with Crippen molar-refractivity contribution in [3.05, 3.63) is 18.2 Å². The van der Waals surface area contributed by atoms with Gasteiger partial charge in [-0.25, -0.2) is 4.98 Å². The maximum atomic E-state index is 11.5. The molecule has 1 fully saturated rings. The summed E-state index contributed by atoms with van der Waals surface area (Å²) in [5, 5.41) is 2.70. The third-order valence-electron chi connectivity index (χ3n) is 3.99. The summed E-state index contributed by atoms with van der Waals surface area (Å²) < 4.78 is 13.0. The van der Waals surface area contributed by atoms with E-state index in [1.165, 1.54) is 0 Å². The molecule has 23 heavy (non-hydrogen) atoms. The summed E-state index contributed by atoms with van der Waals surface area (Å²) in [5.74, 6) is 1.01. The maximum absolute atomic E-state index is 11.5. The number of nitrogens with zero attached hydrogens (tertiary/aromatic N) is 2. The number of likely N-dealkylation sites (N-methyl/N-ethyl adjacent to an activating group) is 1. The number of nitrogen functional groups attached to an aromatic ring is 1. The van der Waals surface area contributed by atoms with Gasteiger partial charge in [-0.2, -0.15) is 0 Å². The van der Waals surface area contributed by atoms with Crippen molar-refractivity contribution in [3.63, 3.8) is 0 Å². The number of hydrogen-bond acceptors (Lipinski definition) is 5. The maximum Gasteiger partial charge on any atom is 0.257 e. The molecule has 3 N–H and O–H groups in total. The molecule has 0 bridgehead atoms. The van der Waals surface area contributed by atoms with E-state index in [0.717, 1.165) is 37.1 Å². The number of benzene rings is 1. The largest absolute Gasteiger partial charge is 0.484 e. The Morgan fingerprint density at radius 2 is 2.26 bits per heavy atom. The number of imidazole rings is 1. The average Bonchev–Trinajstić information content (AvgIpc) is 2.89. The van der Waals surface area contributed by atoms with Crippen LogP contribution in [-0.4, -0.2) is 41.8 Å². The van der Waals surface area contributed by atoms with Crippen LogP contribution < -0.4 is 15.8 Å². The van der Waals surface area contributed by atoms with Gasteiger partial charge in [0.1, 0.15) is 5.75 Å². The van der Waals surface area contributed by atoms with Gasteiger partial charge in [0.25, 0.3) is 5.91 Å². The number of nitrogens with two attached hydrogens (primary N) is 1. The zero-order chi connectivity index (χ0) is 16.2. The molecule has 1 aromatic heterocycles. The van der Waals surface area contributed by atoms with E-state index >= 15 is 0 Å². The number of nitrogens with one attached hydrogen (secondary N) is 1. The number of fused-ring (bicyclic) bond motifs is 1. The first-order chi connectivity index (χ1) is 11.2. The number of carbonyl (C=O) groups excluding carboxylic acids is 1. The highest BCUT2D eigenvalue weighted by Crippen LogP contribution is 2.31. The summed E-state index contributed by atoms with van der Waals surface area (Å²) in [6.07, 6.45) is 1.83. The predicted octanol–water partition coefficient (Wildman–Crippen LogP) is 1.48. The molecule has 1 aliphatic rings. The van der Waals surface area contributed by atoms with Gasteiger partial charge in [-0.05, 0) is 31.9 Å². The SMILES string of the molecule is CCNC(=O)COc1ccc2nc(N)n(C3CCOCC3)c2c1. The van der Waals surface area contributed by atoms with E-state index in [9.17, 15) is 4.79 Å². The molecule has 0 radical (unpaired) electrons. The van der Waals surface area contributed by atoms with Crippen LogP contribution in [0.15, 0.2) is 18.2 Å². The van der Waals surface area contributed by atoms with E-state index in [1.807, 2.05) is 25.1 Å². The minimum atomic E-state index is -0.134. The molecule has 1 aliphatic heterocycles. The van der Waals surface area contributed by atoms with E-state index in [-0.39, 0.29) is 18.6 Å². The van der Waals surface area contributed by atoms with Crippen LogP contribution in [0.5, 0.6) is 5.75 Å². The molecule has 7 nitrogen and oxygen atoms in total. The predicted molar refractivity (Wildman–Crippen MR) is 87.4 cm³/mol. The van der Waals surface area contributed by atoms with E-state index < -0.39 is 0 Å². The van der Waals surface area contributed by atoms with Crippen LogP contribution in [0.3, 0.4) is 0 Å². The zero-order valence-corrected chi connectivity index (χ0v) is 13.2. The van der Waals surface area contributed by atoms with Crippen LogP contribution >= 0.6 is 0 Å². The monoisotopic (exact) mass is 318 g/mol. The number of rotatable bonds is 5. The fourth-order valence-corrected chi connectivity index (χ4v) is 2.91. The lowest BCUT2D eigenvalue weighted by molar-refractivity contribution is -0.122. The van der Waals surface area contributed by atoms with Crippen molar-refractivity contribution in [2.24, 2.45) is 0 Å². The highest BCUT2D eigenvalue weighted by Gasteiger charge is 2.21. The average molecular weight is 318 g/mol. The van der Waals surface area contributed by atoms with Crippen molar-refractivity contribution in [1.82, 2.24) is 14.9 Å². The molecule has 124 valence electrons. The lowest BCUT2D eigenvalue weighted by Gasteiger charge is -2.24. The molecule has 0 aliphatic carbocycles. The molecule has 0 atom stereocenters. The van der Waals surface area contributed by atoms with Gasteiger partial charge in [0, 0.05) is 31.9 Å². The Bertz CT molecular complexity index is 692. The van der Waals surface area contributed by atoms with E-state index in [4.69, 9.17) is 15.2 Å². The van der Waals surface area contributed by atoms with E-state index in [1.54, 1.807) is 0 Å². The number of aromatic nitrogens is 2. The van der Waals surface area contributed by atoms with Gasteiger partial charge in [-0.1, -0.05) is 0 Å². The van der Waals surface area contributed by atoms with E-state index in [2.05, 4.69) is 14.9 Å². The highest BCUT2D eigenvalue weighted by molar-refractivity contribution is 5.81. The lowest BCUT2D eigenvalue weighted by atomic mass is 10.1. The summed E-state index contributed by atoms with van der Waals surface area (Å²) in [6, 6.07) is 5.86. The molecular formula is C16H22N4O3. The van der Waals surface area contributed by atoms with Crippen molar-refractivity contribution in [2.45, 2.75) is 25.8 Å². The zero-order valence-electron chi connectivity index (χ0n) is 13.2. The number of hydrogen-bond donors (Lipinski definition) is 2. The van der Waals surface area contributed by atoms with Gasteiger partial charge < -0.3 is 25.1 Å². The van der Waals surface area contributed by atoms with Crippen LogP contribution in [0.4, 0.5) is 5.95 Å². The number of carbonyl (C=O) groups is 1. The Morgan fingerprint density at radius 1 is 1.48 bits per heavy atom. The second-order valence-corrected chi connectivity index (χ2v) is 5.58. The molecule has 2 aromatic rings. The van der Waals surface area contributed by atoms with Crippen molar-refractivity contribution in [1.29, 1.82) is 0 Å². The molecule has 2 heterocycles. The van der Waals surface area contributed by atoms with Crippen molar-refractivity contribution < 1.29 is 14.3 Å². The molecule has 0 saturated carbocycles. The Morgan fingerprint density at radius 3 is 3.00 bits per heavy atom. The van der Waals surface area contributed by atoms with Crippen LogP contribution in [0.25, 0.3) is 11.0 Å². The van der Waals surface area contributed by atoms with Gasteiger partial charge in [0.15, 0.2) is 6.61 Å². The topological polar surface area (TPSA) is 91.4 Å². The Balaban J connectivity index is 1.84. The summed E-state index contributed by atoms with van der Waals surface area (Å²) in [7, 11) is 0. The molecule has 0 spiro atoms. The normalized spacial score (nSPS) is 15.7. The summed E-state index contributed by atoms with van der Waals surface area (Å²) >= 11 is 0. The third-order valence-corrected chi connectivity index (χ3v) is 3.99. The van der Waals surface area contributed by atoms with Gasteiger partial charge in [0.05, 0.1) is 11.0 Å². The van der Waals surface area contributed by atoms with Crippen molar-refractivity contribution >= 4 is 22.9 Å². The first kappa shape index (κ1) is 15.6. The van der Waals surface area contributed by atoms with Gasteiger partial charge in [-0.15, -0.1) is 0 Å². The Hall–Kier alpha value is -2.28. The standard InChI is InChI=1S/C16H22N4O3/c1-2-18-15(21)10-23-12-3-4-13-14(9-12)20(16(17)19-13)11-5-7-22-8-6-11/h3-4,9,11H,2,5-8,10H2,1H3,(H2,17,19)(H,18,21). The molecule has 1 amide bonds. The van der Waals surface area contributed by atoms with Crippen LogP contribution in [-0.2, 0) is 9.53 Å². The number of ether oxygens (including phenoxy) is 2. The summed E-state index contributed by atoms with van der Waals surface area (Å²) in [5.41, 5.74) is 7.87. The first-order valence-electron chi connectivity index (χ1n) is 7.93. The quantitative estimate of drug-likeness (QED) is 0.871. The Kier molecular flexibility index (Phi) is 4.66. The van der Waals surface area contributed by atoms with Crippen LogP contribution in [0.1, 0.15) is 25.8 Å².